The fraction of sp³-hybridized carbons (Fsp3) is 0.462. The minimum absolute atomic E-state index is 0.328. The standard InChI is InChI=1S/C13H19O2/c1-2-3-4-5-6-7-8-9-10-11-12-15-13-14/h2-3,6-7,10-11H,4-5,8-9,12H2,1H3/b3-2+,7-6+,11-10+. The molecule has 0 N–H and O–H groups in total. The summed E-state index contributed by atoms with van der Waals surface area (Å²) in [5.41, 5.74) is 0. The first-order valence-electron chi connectivity index (χ1n) is 5.32. The van der Waals surface area contributed by atoms with E-state index < -0.39 is 0 Å². The molecule has 0 aromatic rings. The molecule has 0 aromatic heterocycles. The summed E-state index contributed by atoms with van der Waals surface area (Å²) in [6.07, 6.45) is 16.7. The van der Waals surface area contributed by atoms with Crippen molar-refractivity contribution in [2.24, 2.45) is 0 Å². The molecule has 0 unspecified atom stereocenters. The molecule has 0 saturated carbocycles. The maximum absolute atomic E-state index is 9.67. The zero-order valence-corrected chi connectivity index (χ0v) is 9.32. The van der Waals surface area contributed by atoms with Crippen LogP contribution in [0.1, 0.15) is 32.6 Å². The van der Waals surface area contributed by atoms with Crippen LogP contribution in [0.5, 0.6) is 0 Å². The van der Waals surface area contributed by atoms with E-state index in [1.807, 2.05) is 19.1 Å². The molecule has 0 bridgehead atoms. The Hall–Kier alpha value is -1.31. The molecule has 0 aliphatic rings. The van der Waals surface area contributed by atoms with Crippen molar-refractivity contribution in [2.45, 2.75) is 32.6 Å². The second-order valence-corrected chi connectivity index (χ2v) is 3.06. The van der Waals surface area contributed by atoms with Gasteiger partial charge in [-0.3, -0.25) is 0 Å². The van der Waals surface area contributed by atoms with Crippen molar-refractivity contribution < 1.29 is 9.53 Å². The van der Waals surface area contributed by atoms with Crippen molar-refractivity contribution in [3.63, 3.8) is 0 Å². The van der Waals surface area contributed by atoms with Crippen molar-refractivity contribution in [2.75, 3.05) is 6.61 Å². The maximum atomic E-state index is 9.67. The summed E-state index contributed by atoms with van der Waals surface area (Å²) in [5, 5.41) is 0. The van der Waals surface area contributed by atoms with Crippen LogP contribution in [0.4, 0.5) is 0 Å². The highest BCUT2D eigenvalue weighted by Crippen LogP contribution is 1.97. The number of allylic oxidation sites excluding steroid dienone is 5. The SMILES string of the molecule is C/C=C/CC/C=C/CC/C=C/CO[C]=O. The van der Waals surface area contributed by atoms with Gasteiger partial charge in [-0.2, -0.15) is 0 Å². The van der Waals surface area contributed by atoms with E-state index in [2.05, 4.69) is 29.0 Å². The van der Waals surface area contributed by atoms with Gasteiger partial charge in [0.25, 0.3) is 0 Å². The van der Waals surface area contributed by atoms with Crippen LogP contribution in [0.3, 0.4) is 0 Å². The molecule has 83 valence electrons. The summed E-state index contributed by atoms with van der Waals surface area (Å²) < 4.78 is 4.39. The Labute approximate surface area is 92.3 Å². The Balaban J connectivity index is 3.22. The average Bonchev–Trinajstić information content (AvgIpc) is 2.26. The Morgan fingerprint density at radius 3 is 2.00 bits per heavy atom. The van der Waals surface area contributed by atoms with Gasteiger partial charge < -0.3 is 4.74 Å². The zero-order chi connectivity index (χ0) is 11.2. The van der Waals surface area contributed by atoms with Gasteiger partial charge in [0.15, 0.2) is 0 Å². The first kappa shape index (κ1) is 13.7. The van der Waals surface area contributed by atoms with E-state index in [9.17, 15) is 4.79 Å². The monoisotopic (exact) mass is 207 g/mol. The molecule has 0 saturated heterocycles. The third-order valence-corrected chi connectivity index (χ3v) is 1.81. The third kappa shape index (κ3) is 12.7. The van der Waals surface area contributed by atoms with Crippen LogP contribution in [0.15, 0.2) is 36.5 Å². The van der Waals surface area contributed by atoms with E-state index in [1.165, 1.54) is 6.47 Å². The lowest BCUT2D eigenvalue weighted by Gasteiger charge is -1.89. The van der Waals surface area contributed by atoms with E-state index in [1.54, 1.807) is 0 Å². The van der Waals surface area contributed by atoms with Crippen LogP contribution in [0.25, 0.3) is 0 Å². The molecule has 2 heteroatoms. The van der Waals surface area contributed by atoms with E-state index in [4.69, 9.17) is 0 Å². The highest BCUT2D eigenvalue weighted by Gasteiger charge is 1.79. The largest absolute Gasteiger partial charge is 0.453 e. The first-order valence-corrected chi connectivity index (χ1v) is 5.32. The van der Waals surface area contributed by atoms with E-state index in [0.29, 0.717) is 6.61 Å². The highest BCUT2D eigenvalue weighted by molar-refractivity contribution is 5.38. The predicted molar refractivity (Wildman–Crippen MR) is 63.2 cm³/mol. The quantitative estimate of drug-likeness (QED) is 0.428. The minimum atomic E-state index is 0.328. The van der Waals surface area contributed by atoms with Gasteiger partial charge in [-0.15, -0.1) is 0 Å². The van der Waals surface area contributed by atoms with Crippen LogP contribution in [-0.4, -0.2) is 13.1 Å². The van der Waals surface area contributed by atoms with Crippen LogP contribution < -0.4 is 0 Å². The Bertz CT molecular complexity index is 215. The fourth-order valence-electron chi connectivity index (χ4n) is 1.06. The van der Waals surface area contributed by atoms with Gasteiger partial charge in [0, 0.05) is 0 Å². The van der Waals surface area contributed by atoms with Crippen molar-refractivity contribution in [3.8, 4) is 0 Å². The fourth-order valence-corrected chi connectivity index (χ4v) is 1.06. The molecule has 0 fully saturated rings. The predicted octanol–water partition coefficient (Wildman–Crippen LogP) is 3.32. The molecule has 0 aliphatic heterocycles. The number of carbonyl (C=O) groups excluding carboxylic acids is 1. The third-order valence-electron chi connectivity index (χ3n) is 1.81. The molecule has 0 spiro atoms. The molecule has 0 aromatic carbocycles. The van der Waals surface area contributed by atoms with Crippen LogP contribution in [0.2, 0.25) is 0 Å². The molecule has 0 rings (SSSR count). The number of hydrogen-bond acceptors (Lipinski definition) is 2. The minimum Gasteiger partial charge on any atom is -0.453 e. The molecule has 1 radical (unpaired) electrons. The van der Waals surface area contributed by atoms with Crippen molar-refractivity contribution in [1.29, 1.82) is 0 Å². The Morgan fingerprint density at radius 1 is 0.933 bits per heavy atom. The average molecular weight is 207 g/mol. The number of rotatable bonds is 9. The van der Waals surface area contributed by atoms with Crippen molar-refractivity contribution >= 4 is 6.47 Å². The van der Waals surface area contributed by atoms with Gasteiger partial charge in [-0.05, 0) is 32.6 Å². The molecule has 2 nitrogen and oxygen atoms in total. The van der Waals surface area contributed by atoms with Crippen LogP contribution >= 0.6 is 0 Å². The van der Waals surface area contributed by atoms with Gasteiger partial charge in [0.2, 0.25) is 0 Å². The lowest BCUT2D eigenvalue weighted by atomic mass is 10.2. The second kappa shape index (κ2) is 12.7. The molecule has 0 heterocycles. The molecule has 0 atom stereocenters. The van der Waals surface area contributed by atoms with Gasteiger partial charge in [-0.1, -0.05) is 36.5 Å². The molecular formula is C13H19O2. The van der Waals surface area contributed by atoms with Gasteiger partial charge >= 0.3 is 6.47 Å². The van der Waals surface area contributed by atoms with E-state index in [-0.39, 0.29) is 0 Å². The Morgan fingerprint density at radius 2 is 1.47 bits per heavy atom. The van der Waals surface area contributed by atoms with Crippen molar-refractivity contribution in [3.05, 3.63) is 36.5 Å². The molecule has 0 aliphatic carbocycles. The van der Waals surface area contributed by atoms with Gasteiger partial charge in [0.05, 0.1) is 0 Å². The summed E-state index contributed by atoms with van der Waals surface area (Å²) in [5.74, 6) is 0. The van der Waals surface area contributed by atoms with Crippen molar-refractivity contribution in [1.82, 2.24) is 0 Å². The maximum Gasteiger partial charge on any atom is 0.417 e. The van der Waals surface area contributed by atoms with E-state index >= 15 is 0 Å². The summed E-state index contributed by atoms with van der Waals surface area (Å²) in [7, 11) is 0. The topological polar surface area (TPSA) is 26.3 Å². The molecular weight excluding hydrogens is 188 g/mol. The van der Waals surface area contributed by atoms with Gasteiger partial charge in [-0.25, -0.2) is 4.79 Å². The van der Waals surface area contributed by atoms with Crippen LogP contribution in [-0.2, 0) is 9.53 Å². The first-order chi connectivity index (χ1) is 7.41. The second-order valence-electron chi connectivity index (χ2n) is 3.06. The zero-order valence-electron chi connectivity index (χ0n) is 9.32. The Kier molecular flexibility index (Phi) is 11.6. The summed E-state index contributed by atoms with van der Waals surface area (Å²) in [6, 6.07) is 0. The van der Waals surface area contributed by atoms with Gasteiger partial charge in [0.1, 0.15) is 6.61 Å². The highest BCUT2D eigenvalue weighted by atomic mass is 16.5. The normalized spacial score (nSPS) is 11.8. The summed E-state index contributed by atoms with van der Waals surface area (Å²) >= 11 is 0. The lowest BCUT2D eigenvalue weighted by Crippen LogP contribution is -1.84. The summed E-state index contributed by atoms with van der Waals surface area (Å²) in [4.78, 5) is 9.67. The van der Waals surface area contributed by atoms with E-state index in [0.717, 1.165) is 25.7 Å². The number of hydrogen-bond donors (Lipinski definition) is 0. The lowest BCUT2D eigenvalue weighted by molar-refractivity contribution is 0.313. The smallest absolute Gasteiger partial charge is 0.417 e. The molecule has 15 heavy (non-hydrogen) atoms. The molecule has 0 amide bonds. The number of ether oxygens (including phenoxy) is 1. The summed E-state index contributed by atoms with van der Waals surface area (Å²) in [6.45, 7) is 3.74. The van der Waals surface area contributed by atoms with Crippen LogP contribution in [0, 0.1) is 0 Å². The number of unbranched alkanes of at least 4 members (excludes halogenated alkanes) is 2.